The number of benzene rings is 1. The minimum Gasteiger partial charge on any atom is -0.338 e. The number of amides is 2. The van der Waals surface area contributed by atoms with Crippen molar-refractivity contribution in [2.24, 2.45) is 0 Å². The van der Waals surface area contributed by atoms with Gasteiger partial charge < -0.3 is 4.90 Å². The van der Waals surface area contributed by atoms with Gasteiger partial charge in [0.15, 0.2) is 5.65 Å². The molecule has 0 bridgehead atoms. The maximum Gasteiger partial charge on any atom is 0.256 e. The zero-order chi connectivity index (χ0) is 27.9. The van der Waals surface area contributed by atoms with E-state index >= 15 is 0 Å². The third-order valence-corrected chi connectivity index (χ3v) is 7.72. The molecule has 4 aromatic rings. The largest absolute Gasteiger partial charge is 0.338 e. The molecule has 2 fully saturated rings. The molecule has 11 nitrogen and oxygen atoms in total. The van der Waals surface area contributed by atoms with E-state index in [1.54, 1.807) is 25.2 Å². The normalized spacial score (nSPS) is 16.3. The Bertz CT molecular complexity index is 1700. The van der Waals surface area contributed by atoms with Gasteiger partial charge in [-0.25, -0.2) is 8.91 Å². The lowest BCUT2D eigenvalue weighted by Gasteiger charge is -2.40. The minimum absolute atomic E-state index is 0.0803. The van der Waals surface area contributed by atoms with Gasteiger partial charge in [-0.15, -0.1) is 5.10 Å². The maximum atomic E-state index is 14.5. The number of nitrogens with zero attached hydrogens (tertiary/aromatic N) is 9. The van der Waals surface area contributed by atoms with Gasteiger partial charge in [0.2, 0.25) is 6.41 Å². The number of piperidine rings is 1. The van der Waals surface area contributed by atoms with Crippen molar-refractivity contribution in [2.75, 3.05) is 18.0 Å². The smallest absolute Gasteiger partial charge is 0.256 e. The van der Waals surface area contributed by atoms with Gasteiger partial charge in [-0.3, -0.25) is 19.2 Å². The molecule has 2 amide bonds. The first-order valence-corrected chi connectivity index (χ1v) is 13.0. The second kappa shape index (κ2) is 9.89. The number of anilines is 1. The van der Waals surface area contributed by atoms with Crippen LogP contribution in [0.5, 0.6) is 0 Å². The summed E-state index contributed by atoms with van der Waals surface area (Å²) >= 11 is 0. The Morgan fingerprint density at radius 3 is 2.67 bits per heavy atom. The van der Waals surface area contributed by atoms with Crippen LogP contribution in [-0.4, -0.2) is 60.7 Å². The lowest BCUT2D eigenvalue weighted by atomic mass is 9.84. The molecule has 0 N–H and O–H groups in total. The van der Waals surface area contributed by atoms with Gasteiger partial charge in [0, 0.05) is 30.9 Å². The fourth-order valence-electron chi connectivity index (χ4n) is 5.27. The van der Waals surface area contributed by atoms with Crippen LogP contribution in [0.15, 0.2) is 48.8 Å². The van der Waals surface area contributed by atoms with Crippen molar-refractivity contribution >= 4 is 23.9 Å². The van der Waals surface area contributed by atoms with Crippen molar-refractivity contribution in [3.8, 4) is 23.4 Å². The number of pyridine rings is 1. The standard InChI is InChI=1S/C28H24FN9O2/c29-23-14-19(15-31)4-7-22(23)26(40)35-12-9-28(8-11-30,10-13-35)37-17-20(16-32-37)24-2-1-3-25-33-27(34-38(24)25)36(18-39)21-5-6-21/h1-4,7,14,16-18,21H,5-6,8-10,12-13H2. The highest BCUT2D eigenvalue weighted by Crippen LogP contribution is 2.35. The van der Waals surface area contributed by atoms with E-state index < -0.39 is 17.3 Å². The molecule has 0 unspecified atom stereocenters. The average Bonchev–Trinajstić information content (AvgIpc) is 3.50. The summed E-state index contributed by atoms with van der Waals surface area (Å²) in [4.78, 5) is 32.3. The summed E-state index contributed by atoms with van der Waals surface area (Å²) in [5.41, 5.74) is 1.53. The Kier molecular flexibility index (Phi) is 6.23. The maximum absolute atomic E-state index is 14.5. The van der Waals surface area contributed by atoms with E-state index in [9.17, 15) is 19.2 Å². The number of rotatable bonds is 7. The zero-order valence-corrected chi connectivity index (χ0v) is 21.4. The topological polar surface area (TPSA) is 136 Å². The number of hydrogen-bond donors (Lipinski definition) is 0. The second-order valence-corrected chi connectivity index (χ2v) is 10.2. The van der Waals surface area contributed by atoms with Gasteiger partial charge in [0.1, 0.15) is 5.82 Å². The Labute approximate surface area is 228 Å². The van der Waals surface area contributed by atoms with Crippen LogP contribution >= 0.6 is 0 Å². The Balaban J connectivity index is 1.25. The van der Waals surface area contributed by atoms with E-state index in [0.29, 0.717) is 37.5 Å². The fourth-order valence-corrected chi connectivity index (χ4v) is 5.27. The Morgan fingerprint density at radius 1 is 1.20 bits per heavy atom. The first-order chi connectivity index (χ1) is 19.5. The van der Waals surface area contributed by atoms with Crippen molar-refractivity contribution in [2.45, 2.75) is 43.7 Å². The van der Waals surface area contributed by atoms with Crippen molar-refractivity contribution in [3.05, 3.63) is 65.7 Å². The van der Waals surface area contributed by atoms with Crippen LogP contribution in [0.4, 0.5) is 10.3 Å². The quantitative estimate of drug-likeness (QED) is 0.330. The molecule has 1 saturated heterocycles. The number of halogens is 1. The molecule has 1 aromatic carbocycles. The molecule has 0 atom stereocenters. The highest BCUT2D eigenvalue weighted by molar-refractivity contribution is 5.94. The van der Waals surface area contributed by atoms with E-state index in [1.165, 1.54) is 12.1 Å². The molecule has 1 saturated carbocycles. The fraction of sp³-hybridized carbons (Fsp3) is 0.321. The average molecular weight is 538 g/mol. The van der Waals surface area contributed by atoms with Crippen LogP contribution in [-0.2, 0) is 10.3 Å². The first kappa shape index (κ1) is 25.2. The van der Waals surface area contributed by atoms with Crippen LogP contribution in [0.1, 0.15) is 48.0 Å². The minimum atomic E-state index is -0.728. The van der Waals surface area contributed by atoms with Gasteiger partial charge in [-0.2, -0.15) is 20.6 Å². The van der Waals surface area contributed by atoms with E-state index in [0.717, 1.165) is 36.6 Å². The number of nitriles is 2. The van der Waals surface area contributed by atoms with Crippen molar-refractivity contribution < 1.29 is 14.0 Å². The van der Waals surface area contributed by atoms with E-state index in [-0.39, 0.29) is 23.6 Å². The molecule has 2 aliphatic rings. The first-order valence-electron chi connectivity index (χ1n) is 13.0. The van der Waals surface area contributed by atoms with E-state index in [2.05, 4.69) is 21.3 Å². The van der Waals surface area contributed by atoms with Gasteiger partial charge in [-0.1, -0.05) is 6.07 Å². The predicted octanol–water partition coefficient (Wildman–Crippen LogP) is 3.27. The SMILES string of the molecule is N#CCC1(n2cc(-c3cccc4nc(N(C=O)C5CC5)nn34)cn2)CCN(C(=O)c2ccc(C#N)cc2F)CC1. The summed E-state index contributed by atoms with van der Waals surface area (Å²) < 4.78 is 17.9. The molecule has 200 valence electrons. The molecule has 3 aromatic heterocycles. The van der Waals surface area contributed by atoms with E-state index in [1.807, 2.05) is 30.5 Å². The van der Waals surface area contributed by atoms with Crippen molar-refractivity contribution in [1.82, 2.24) is 29.3 Å². The van der Waals surface area contributed by atoms with E-state index in [4.69, 9.17) is 5.26 Å². The molecule has 0 radical (unpaired) electrons. The molecular weight excluding hydrogens is 513 g/mol. The Morgan fingerprint density at radius 2 is 2.00 bits per heavy atom. The van der Waals surface area contributed by atoms with Gasteiger partial charge in [-0.05, 0) is 56.0 Å². The second-order valence-electron chi connectivity index (χ2n) is 10.2. The number of hydrogen-bond acceptors (Lipinski definition) is 7. The van der Waals surface area contributed by atoms with Crippen LogP contribution in [0, 0.1) is 28.5 Å². The lowest BCUT2D eigenvalue weighted by Crippen LogP contribution is -2.48. The Hall–Kier alpha value is -5.10. The summed E-state index contributed by atoms with van der Waals surface area (Å²) in [7, 11) is 0. The van der Waals surface area contributed by atoms with Gasteiger partial charge >= 0.3 is 0 Å². The number of aromatic nitrogens is 5. The van der Waals surface area contributed by atoms with Crippen LogP contribution in [0.25, 0.3) is 16.9 Å². The van der Waals surface area contributed by atoms with Gasteiger partial charge in [0.25, 0.3) is 11.9 Å². The summed E-state index contributed by atoms with van der Waals surface area (Å²) in [5, 5.41) is 27.8. The number of fused-ring (bicyclic) bond motifs is 1. The monoisotopic (exact) mass is 537 g/mol. The van der Waals surface area contributed by atoms with Crippen LogP contribution in [0.3, 0.4) is 0 Å². The van der Waals surface area contributed by atoms with Crippen LogP contribution < -0.4 is 4.90 Å². The lowest BCUT2D eigenvalue weighted by molar-refractivity contribution is -0.107. The van der Waals surface area contributed by atoms with Gasteiger partial charge in [0.05, 0.1) is 47.1 Å². The van der Waals surface area contributed by atoms with Crippen LogP contribution in [0.2, 0.25) is 0 Å². The summed E-state index contributed by atoms with van der Waals surface area (Å²) in [6.45, 7) is 0.639. The summed E-state index contributed by atoms with van der Waals surface area (Å²) in [6.07, 6.45) is 7.30. The molecule has 6 rings (SSSR count). The molecule has 12 heteroatoms. The zero-order valence-electron chi connectivity index (χ0n) is 21.4. The number of likely N-dealkylation sites (tertiary alicyclic amines) is 1. The molecule has 1 aliphatic carbocycles. The highest BCUT2D eigenvalue weighted by Gasteiger charge is 2.39. The number of carbonyl (C=O) groups is 2. The summed E-state index contributed by atoms with van der Waals surface area (Å²) in [6, 6.07) is 13.7. The molecular formula is C28H24FN9O2. The van der Waals surface area contributed by atoms with Crippen molar-refractivity contribution in [3.63, 3.8) is 0 Å². The highest BCUT2D eigenvalue weighted by atomic mass is 19.1. The third-order valence-electron chi connectivity index (χ3n) is 7.72. The molecule has 0 spiro atoms. The molecule has 4 heterocycles. The third kappa shape index (κ3) is 4.33. The molecule has 1 aliphatic heterocycles. The molecule has 40 heavy (non-hydrogen) atoms. The summed E-state index contributed by atoms with van der Waals surface area (Å²) in [5.74, 6) is -0.819. The van der Waals surface area contributed by atoms with Crippen molar-refractivity contribution in [1.29, 1.82) is 10.5 Å². The predicted molar refractivity (Wildman–Crippen MR) is 140 cm³/mol. The number of carbonyl (C=O) groups excluding carboxylic acids is 2.